The first-order valence-corrected chi connectivity index (χ1v) is 40.8. The minimum Gasteiger partial charge on any atom is -0.300 e. The molecule has 0 aliphatic heterocycles. The van der Waals surface area contributed by atoms with Gasteiger partial charge in [0.2, 0.25) is 28.9 Å². The Morgan fingerprint density at radius 2 is 0.405 bits per heavy atom. The van der Waals surface area contributed by atoms with Crippen LogP contribution in [0.1, 0.15) is 333 Å². The van der Waals surface area contributed by atoms with Gasteiger partial charge in [-0.1, -0.05) is 235 Å². The molecule has 0 aliphatic carbocycles. The number of halogens is 21. The Morgan fingerprint density at radius 1 is 0.214 bits per heavy atom. The second kappa shape index (κ2) is 57.6. The lowest BCUT2D eigenvalue weighted by molar-refractivity contribution is -0.343. The third kappa shape index (κ3) is 68.6. The lowest BCUT2D eigenvalue weighted by Gasteiger charge is -2.27. The molecule has 131 heavy (non-hydrogen) atoms. The molecule has 0 atom stereocenters. The normalized spacial score (nSPS) is 12.4. The first-order chi connectivity index (χ1) is 56.8. The van der Waals surface area contributed by atoms with Gasteiger partial charge in [0.1, 0.15) is 86.7 Å². The smallest absolute Gasteiger partial charge is 0.300 e. The summed E-state index contributed by atoms with van der Waals surface area (Å²) in [4.78, 5) is 218. The molecule has 0 bridgehead atoms. The Balaban J connectivity index is -0.000000156. The summed E-state index contributed by atoms with van der Waals surface area (Å²) in [6.07, 6.45) is -32.2. The van der Waals surface area contributed by atoms with Crippen LogP contribution in [0.15, 0.2) is 0 Å². The number of hydrogen-bond donors (Lipinski definition) is 0. The van der Waals surface area contributed by atoms with E-state index in [9.17, 15) is 188 Å². The molecule has 0 rings (SSSR count). The van der Waals surface area contributed by atoms with E-state index in [1.165, 1.54) is 48.5 Å². The maximum absolute atomic E-state index is 12.9. The fourth-order valence-electron chi connectivity index (χ4n) is 6.74. The Bertz CT molecular complexity index is 3600. The van der Waals surface area contributed by atoms with E-state index in [1.54, 1.807) is 0 Å². The number of hydrogen-bond acceptors (Lipinski definition) is 20. The van der Waals surface area contributed by atoms with Crippen molar-refractivity contribution in [2.45, 2.75) is 381 Å². The largest absolute Gasteiger partial charge is 0.461 e. The van der Waals surface area contributed by atoms with E-state index >= 15 is 0 Å². The van der Waals surface area contributed by atoms with E-state index in [0.717, 1.165) is 13.3 Å². The number of carbonyl (C=O) groups excluding carboxylic acids is 20. The van der Waals surface area contributed by atoms with Gasteiger partial charge in [-0.05, 0) is 32.1 Å². The highest BCUT2D eigenvalue weighted by Crippen LogP contribution is 2.48. The molecule has 0 amide bonds. The third-order valence-corrected chi connectivity index (χ3v) is 17.0. The van der Waals surface area contributed by atoms with E-state index < -0.39 is 148 Å². The summed E-state index contributed by atoms with van der Waals surface area (Å²) in [5.41, 5.74) is -4.54. The third-order valence-electron chi connectivity index (χ3n) is 17.0. The molecule has 0 fully saturated rings. The topological polar surface area (TPSA) is 341 Å². The summed E-state index contributed by atoms with van der Waals surface area (Å²) in [5, 5.41) is 0. The zero-order valence-electron chi connectivity index (χ0n) is 82.2. The van der Waals surface area contributed by atoms with Crippen molar-refractivity contribution in [2.24, 2.45) is 72.9 Å². The van der Waals surface area contributed by atoms with E-state index in [2.05, 4.69) is 0 Å². The van der Waals surface area contributed by atoms with Crippen molar-refractivity contribution in [2.75, 3.05) is 0 Å². The van der Waals surface area contributed by atoms with Crippen LogP contribution < -0.4 is 0 Å². The van der Waals surface area contributed by atoms with Gasteiger partial charge in [0, 0.05) is 73.9 Å². The lowest BCUT2D eigenvalue weighted by Crippen LogP contribution is -2.56. The quantitative estimate of drug-likeness (QED) is 0.0446. The average Bonchev–Trinajstić information content (AvgIpc) is 0.760. The van der Waals surface area contributed by atoms with Gasteiger partial charge in [0.15, 0.2) is 0 Å². The molecule has 0 spiro atoms. The average molecular weight is 1940 g/mol. The predicted molar refractivity (Wildman–Crippen MR) is 446 cm³/mol. The molecule has 766 valence electrons. The maximum atomic E-state index is 12.9. The Kier molecular flexibility index (Phi) is 63.0. The highest BCUT2D eigenvalue weighted by molar-refractivity contribution is 6.08. The summed E-state index contributed by atoms with van der Waals surface area (Å²) in [7, 11) is 0. The molecule has 0 saturated carbocycles. The van der Waals surface area contributed by atoms with Crippen LogP contribution in [0.25, 0.3) is 0 Å². The Hall–Kier alpha value is -8.07. The molecule has 0 aromatic heterocycles. The van der Waals surface area contributed by atoms with Crippen LogP contribution in [0.3, 0.4) is 0 Å². The molecule has 0 radical (unpaired) electrons. The Labute approximate surface area is 755 Å². The van der Waals surface area contributed by atoms with E-state index in [-0.39, 0.29) is 142 Å². The van der Waals surface area contributed by atoms with Crippen LogP contribution in [-0.2, 0) is 95.9 Å². The number of Topliss-reactive ketones (excluding diaryl/α,β-unsaturated/α-hetero) is 20. The van der Waals surface area contributed by atoms with Crippen molar-refractivity contribution in [1.29, 1.82) is 0 Å². The van der Waals surface area contributed by atoms with Crippen molar-refractivity contribution in [3.05, 3.63) is 0 Å². The predicted octanol–water partition coefficient (Wildman–Crippen LogP) is 22.7. The summed E-state index contributed by atoms with van der Waals surface area (Å²) in [6.45, 7) is 62.4. The van der Waals surface area contributed by atoms with Crippen LogP contribution in [0.2, 0.25) is 0 Å². The number of alkyl halides is 21. The number of rotatable bonds is 32. The van der Waals surface area contributed by atoms with E-state index in [0.29, 0.717) is 24.7 Å². The fourth-order valence-corrected chi connectivity index (χ4v) is 6.74. The molecule has 0 aromatic carbocycles. The molecule has 0 unspecified atom stereocenters. The van der Waals surface area contributed by atoms with Crippen LogP contribution in [-0.4, -0.2) is 164 Å². The zero-order valence-corrected chi connectivity index (χ0v) is 82.2. The minimum atomic E-state index is -6.59. The Morgan fingerprint density at radius 3 is 0.603 bits per heavy atom. The molecule has 41 heteroatoms. The van der Waals surface area contributed by atoms with Crippen molar-refractivity contribution in [3.8, 4) is 0 Å². The fraction of sp³-hybridized carbons (Fsp3) is 0.778. The molecule has 0 saturated heterocycles. The molecule has 0 heterocycles. The van der Waals surface area contributed by atoms with Gasteiger partial charge in [-0.25, -0.2) is 0 Å². The van der Waals surface area contributed by atoms with Gasteiger partial charge in [0.05, 0.1) is 64.2 Å². The van der Waals surface area contributed by atoms with Crippen LogP contribution in [0, 0.1) is 72.9 Å². The van der Waals surface area contributed by atoms with Gasteiger partial charge in [-0.15, -0.1) is 0 Å². The summed E-state index contributed by atoms with van der Waals surface area (Å²) >= 11 is 0. The van der Waals surface area contributed by atoms with Gasteiger partial charge in [0.25, 0.3) is 0 Å². The number of ketones is 20. The number of carbonyl (C=O) groups is 20. The first kappa shape index (κ1) is 143. The van der Waals surface area contributed by atoms with Gasteiger partial charge >= 0.3 is 48.6 Å². The molecule has 0 N–H and O–H groups in total. The summed E-state index contributed by atoms with van der Waals surface area (Å²) in [6, 6.07) is 0. The molecule has 0 aromatic rings. The maximum Gasteiger partial charge on any atom is 0.461 e. The molecule has 20 nitrogen and oxygen atoms in total. The van der Waals surface area contributed by atoms with Gasteiger partial charge in [-0.3, -0.25) is 95.9 Å². The second-order valence-corrected chi connectivity index (χ2v) is 40.0. The molecular formula is C90H139F21O20. The SMILES string of the molecule is CC(=O)CC(=O)C(F)(F)C(F)(F)F.CC(=O)CC(=O)CC(C)C.CC(C)(C)C(=O)CC(=O)C(C)(C)C.CC(C)(C)C(=O)CC(=O)C(F)(F)C(F)(F)C(F)(F)F.CC(C)(C)C(=O)CC(=O)C(F)(F)F.CC(C)C(=O)CC(=O)C(C)(C)C.CC(C)C(=O)CC(=O)C(C)C.CC(C)CC(=O)CC(=O)C(C)(C)C.CCC(C)(C)C(=O)CC(=O)C(C)(C)C.O=C(CC(=O)C(F)(F)F)C(F)(F)F. The van der Waals surface area contributed by atoms with Crippen LogP contribution in [0.4, 0.5) is 92.2 Å². The van der Waals surface area contributed by atoms with Crippen molar-refractivity contribution in [3.63, 3.8) is 0 Å². The van der Waals surface area contributed by atoms with E-state index in [4.69, 9.17) is 0 Å². The second-order valence-electron chi connectivity index (χ2n) is 40.0. The van der Waals surface area contributed by atoms with Crippen LogP contribution in [0.5, 0.6) is 0 Å². The van der Waals surface area contributed by atoms with Crippen molar-refractivity contribution < 1.29 is 188 Å². The van der Waals surface area contributed by atoms with Crippen molar-refractivity contribution >= 4 is 116 Å². The van der Waals surface area contributed by atoms with Gasteiger partial charge in [-0.2, -0.15) is 92.2 Å². The lowest BCUT2D eigenvalue weighted by atomic mass is 9.79. The zero-order chi connectivity index (χ0) is 109. The summed E-state index contributed by atoms with van der Waals surface area (Å²) in [5.74, 6) is -32.3. The minimum absolute atomic E-state index is 0.0160. The highest BCUT2D eigenvalue weighted by atomic mass is 19.4. The van der Waals surface area contributed by atoms with Crippen LogP contribution >= 0.6 is 0 Å². The summed E-state index contributed by atoms with van der Waals surface area (Å²) < 4.78 is 248. The van der Waals surface area contributed by atoms with Crippen molar-refractivity contribution in [1.82, 2.24) is 0 Å². The van der Waals surface area contributed by atoms with E-state index in [1.807, 2.05) is 194 Å². The monoisotopic (exact) mass is 1940 g/mol. The molecular weight excluding hydrogens is 1800 g/mol. The standard InChI is InChI=1S/C12H22O2.2C11H20O2.C10H11F7O2.C10H18O2.C9H16O2.C8H11F3O2.C8H14O2.C6H5F5O2.C5H2F6O2/c1-7-12(5,6)10(14)8-9(13)11(2,3)4;1-10(2,3)8(12)7-9(13)11(4,5)6;1-8(2)6-9(12)7-10(13)11(3,4)5;1-7(2,3)5(18)4-6(19)8(11,12)9(13,14)10(15,16)17;1-7(2)8(11)6-9(12)10(3,4)5;1-6(2)8(10)5-9(11)7(3)4;1-7(2,3)5(12)4-6(13)8(9,10)11;1-6(2)4-8(10)5-7(3)9;1-3(12)2-4(13)5(7,8)6(9,10)11;6-4(7,8)2(12)1-3(13)5(9,10)11/h7-8H2,1-6H3;7H2,1-6H3;8H,6-7H2,1-5H3;4H2,1-3H3;7H,6H2,1-5H3;6-7H,5H2,1-4H3;4H2,1-3H3;6H,4-5H2,1-3H3;2H2,1H3;1H2. The first-order valence-electron chi connectivity index (χ1n) is 40.8. The van der Waals surface area contributed by atoms with Gasteiger partial charge < -0.3 is 0 Å². The highest BCUT2D eigenvalue weighted by Gasteiger charge is 2.76. The molecule has 0 aliphatic rings.